The molecular weight excluding hydrogens is 1460 g/mol. The average Bonchev–Trinajstić information content (AvgIpc) is 3.89. The Bertz CT molecular complexity index is 2590. The van der Waals surface area contributed by atoms with E-state index in [1.807, 2.05) is 18.4 Å². The molecule has 1 aromatic heterocycles. The molecule has 2 aromatic carbocycles. The van der Waals surface area contributed by atoms with Crippen LogP contribution in [0.1, 0.15) is 78.4 Å². The van der Waals surface area contributed by atoms with Crippen LogP contribution in [0.15, 0.2) is 59.8 Å². The molecule has 1 heterocycles. The van der Waals surface area contributed by atoms with E-state index in [1.165, 1.54) is 18.5 Å². The van der Waals surface area contributed by atoms with Crippen LogP contribution in [0, 0.1) is 23.0 Å². The standard InChI is InChI=1S/C25H35BIN8O6.C22H32N8O6.C2H4BI.2Y/c1-15(2)22(32-21(37)13-35-12-20(26(4)27)33-34-35)24(39)31-19(6-5-11-29-25(28)40)23(38)30-18-9-7-17(8-10-18)14-41-16(3)36;1-13(2)19(29-18(32)11-26-30-24)21(34)28-17(5-4-10-25-22(23)35)20(33)27-16-8-6-15(7-9-16)12-36-14(3)31;1-3-2-4;;/h7-10,12,15,19,22H,4-6,11,13-14H2,1-3H3,(H,30,38)(H,31,39)(H,32,37)(H3,28,29,40);6-9,13,17,19H,4-5,10-12H2,1-3H3,(H,27,33)(H,28,34)(H,29,32)(H3,23,25,35);2H,1H3;;/q-1;;-1;;/t19-,22-;17-,19-;;;/m00.../s1. The van der Waals surface area contributed by atoms with Crippen molar-refractivity contribution >= 4 is 133 Å². The topological polar surface area (TPSA) is 417 Å². The third kappa shape index (κ3) is 36.4. The van der Waals surface area contributed by atoms with E-state index >= 15 is 0 Å². The van der Waals surface area contributed by atoms with Gasteiger partial charge >= 0.3 is 24.0 Å². The van der Waals surface area contributed by atoms with Gasteiger partial charge < -0.3 is 92.9 Å². The molecule has 0 aliphatic heterocycles. The van der Waals surface area contributed by atoms with Crippen LogP contribution >= 0.6 is 45.0 Å². The molecule has 3 aromatic rings. The maximum atomic E-state index is 13.3. The first-order chi connectivity index (χ1) is 38.3. The van der Waals surface area contributed by atoms with Gasteiger partial charge in [-0.25, -0.2) is 14.3 Å². The summed E-state index contributed by atoms with van der Waals surface area (Å²) in [7, 11) is 1.99. The normalized spacial score (nSPS) is 11.5. The van der Waals surface area contributed by atoms with Gasteiger partial charge in [0.05, 0.1) is 0 Å². The Morgan fingerprint density at radius 2 is 1.12 bits per heavy atom. The number of amides is 10. The second-order valence-electron chi connectivity index (χ2n) is 18.2. The molecule has 83 heavy (non-hydrogen) atoms. The molecule has 4 atom stereocenters. The average molecular weight is 1530 g/mol. The summed E-state index contributed by atoms with van der Waals surface area (Å²) in [5.74, 6) is -4.68. The molecule has 3 radical (unpaired) electrons. The second kappa shape index (κ2) is 45.4. The van der Waals surface area contributed by atoms with Crippen LogP contribution in [-0.4, -0.2) is 130 Å². The number of hydrogen-bond donors (Lipinski definition) is 10. The van der Waals surface area contributed by atoms with E-state index in [2.05, 4.69) is 115 Å². The van der Waals surface area contributed by atoms with Crippen LogP contribution in [0.2, 0.25) is 6.82 Å². The molecular formula is C49H71B2I2N16O12Y2-2. The number of anilines is 2. The zero-order valence-electron chi connectivity index (χ0n) is 47.3. The molecule has 34 heteroatoms. The van der Waals surface area contributed by atoms with Crippen LogP contribution in [0.3, 0.4) is 0 Å². The fourth-order valence-electron chi connectivity index (χ4n) is 6.58. The Labute approximate surface area is 561 Å². The molecule has 0 bridgehead atoms. The molecule has 0 aliphatic carbocycles. The number of aromatic nitrogens is 3. The van der Waals surface area contributed by atoms with Crippen LogP contribution < -0.4 is 59.6 Å². The van der Waals surface area contributed by atoms with E-state index < -0.39 is 90.2 Å². The molecule has 0 spiro atoms. The molecule has 0 fully saturated rings. The Morgan fingerprint density at radius 3 is 1.45 bits per heavy atom. The summed E-state index contributed by atoms with van der Waals surface area (Å²) < 4.78 is 13.1. The molecule has 28 nitrogen and oxygen atoms in total. The number of ether oxygens (including phenoxy) is 2. The first kappa shape index (κ1) is 80.1. The van der Waals surface area contributed by atoms with Gasteiger partial charge in [0, 0.05) is 120 Å². The number of benzene rings is 2. The van der Waals surface area contributed by atoms with E-state index in [0.717, 1.165) is 11.1 Å². The van der Waals surface area contributed by atoms with Gasteiger partial charge in [0.2, 0.25) is 35.4 Å². The van der Waals surface area contributed by atoms with Crippen molar-refractivity contribution in [1.29, 1.82) is 0 Å². The molecule has 0 aliphatic rings. The van der Waals surface area contributed by atoms with Crippen LogP contribution in [0.4, 0.5) is 21.0 Å². The first-order valence-corrected chi connectivity index (χ1v) is 27.7. The number of halogens is 2. The van der Waals surface area contributed by atoms with Crippen molar-refractivity contribution in [3.05, 3.63) is 87.4 Å². The van der Waals surface area contributed by atoms with E-state index in [0.29, 0.717) is 29.8 Å². The third-order valence-electron chi connectivity index (χ3n) is 10.6. The Balaban J connectivity index is 0. The monoisotopic (exact) mass is 1530 g/mol. The summed E-state index contributed by atoms with van der Waals surface area (Å²) in [6.45, 7) is 15.4. The number of carbonyl (C=O) groups is 10. The third-order valence-corrected chi connectivity index (χ3v) is 12.0. The Morgan fingerprint density at radius 1 is 0.723 bits per heavy atom. The molecule has 447 valence electrons. The van der Waals surface area contributed by atoms with E-state index in [1.54, 1.807) is 82.4 Å². The van der Waals surface area contributed by atoms with Gasteiger partial charge in [-0.2, -0.15) is 22.4 Å². The summed E-state index contributed by atoms with van der Waals surface area (Å²) in [4.78, 5) is 123. The summed E-state index contributed by atoms with van der Waals surface area (Å²) in [5, 5.41) is 32.0. The van der Waals surface area contributed by atoms with E-state index in [-0.39, 0.29) is 128 Å². The first-order valence-electron chi connectivity index (χ1n) is 25.2. The minimum Gasteiger partial charge on any atom is -0.461 e. The van der Waals surface area contributed by atoms with E-state index in [4.69, 9.17) is 26.5 Å². The van der Waals surface area contributed by atoms with E-state index in [9.17, 15) is 47.9 Å². The smallest absolute Gasteiger partial charge is 0.312 e. The fourth-order valence-corrected chi connectivity index (χ4v) is 6.86. The number of nitrogens with two attached hydrogens (primary N) is 2. The van der Waals surface area contributed by atoms with Gasteiger partial charge in [-0.3, -0.25) is 42.7 Å². The zero-order valence-corrected chi connectivity index (χ0v) is 57.3. The summed E-state index contributed by atoms with van der Waals surface area (Å²) >= 11 is 4.25. The summed E-state index contributed by atoms with van der Waals surface area (Å²) in [6, 6.07) is 7.98. The van der Waals surface area contributed by atoms with Crippen molar-refractivity contribution in [2.45, 2.75) is 118 Å². The summed E-state index contributed by atoms with van der Waals surface area (Å²) in [6.07, 6.45) is 2.64. The number of azide groups is 1. The number of primary amides is 2. The van der Waals surface area contributed by atoms with Crippen molar-refractivity contribution in [2.75, 3.05) is 30.3 Å². The van der Waals surface area contributed by atoms with Gasteiger partial charge in [-0.15, -0.1) is 11.9 Å². The molecule has 0 unspecified atom stereocenters. The van der Waals surface area contributed by atoms with Crippen molar-refractivity contribution in [1.82, 2.24) is 46.9 Å². The van der Waals surface area contributed by atoms with Crippen molar-refractivity contribution < 1.29 is 123 Å². The van der Waals surface area contributed by atoms with Gasteiger partial charge in [-0.1, -0.05) is 69.6 Å². The molecule has 12 N–H and O–H groups in total. The predicted molar refractivity (Wildman–Crippen MR) is 321 cm³/mol. The van der Waals surface area contributed by atoms with Crippen molar-refractivity contribution in [2.24, 2.45) is 28.4 Å². The number of urea groups is 2. The second-order valence-corrected chi connectivity index (χ2v) is 20.4. The van der Waals surface area contributed by atoms with Gasteiger partial charge in [0.1, 0.15) is 55.0 Å². The number of rotatable bonds is 30. The van der Waals surface area contributed by atoms with Gasteiger partial charge in [0.25, 0.3) is 0 Å². The summed E-state index contributed by atoms with van der Waals surface area (Å²) in [5.41, 5.74) is 21.5. The van der Waals surface area contributed by atoms with Crippen molar-refractivity contribution in [3.63, 3.8) is 0 Å². The fraction of sp³-hybridized carbons (Fsp3) is 0.469. The van der Waals surface area contributed by atoms with Gasteiger partial charge in [-0.05, 0) is 78.4 Å². The number of carbonyl (C=O) groups excluding carboxylic acids is 10. The minimum atomic E-state index is -0.997. The molecule has 3 rings (SSSR count). The Hall–Kier alpha value is -5.01. The number of nitrogens with one attached hydrogen (secondary N) is 8. The van der Waals surface area contributed by atoms with Gasteiger partial charge in [0.15, 0.2) is 0 Å². The maximum Gasteiger partial charge on any atom is 0.312 e. The Kier molecular flexibility index (Phi) is 43.8. The largest absolute Gasteiger partial charge is 0.461 e. The molecule has 0 saturated heterocycles. The van der Waals surface area contributed by atoms with Crippen molar-refractivity contribution in [3.8, 4) is 0 Å². The van der Waals surface area contributed by atoms with Crippen LogP contribution in [0.25, 0.3) is 10.4 Å². The number of hydrogen-bond acceptors (Lipinski definition) is 15. The zero-order chi connectivity index (χ0) is 61.0. The molecule has 10 amide bonds. The van der Waals surface area contributed by atoms with Crippen LogP contribution in [0.5, 0.6) is 0 Å². The SMILES string of the molecule is CC(=O)OCc1ccc(NC(=O)[C@H](CCCNC(N)=O)NC(=O)[C@@H](NC(=O)CN=[N+]=[N-])C(C)C)cc1.C[B][CH-]I.[CH2-]B(I)c1cn(CC(=O)N[C@H](C(=O)N[C@@H](CCCNC(N)=O)C(=O)Nc2ccc(COC(C)=O)cc2)C(C)C)nn1.[Y].[Y]. The number of nitrogens with zero attached hydrogens (tertiary/aromatic N) is 6. The maximum absolute atomic E-state index is 13.3. The quantitative estimate of drug-likeness (QED) is 0.00670. The van der Waals surface area contributed by atoms with Crippen LogP contribution in [-0.2, 0) is 133 Å². The minimum absolute atomic E-state index is 0. The number of esters is 2. The molecule has 0 saturated carbocycles. The predicted octanol–water partition coefficient (Wildman–Crippen LogP) is 2.42.